The van der Waals surface area contributed by atoms with Gasteiger partial charge >= 0.3 is 11.9 Å². The average molecular weight is 647 g/mol. The SMILES string of the molecule is CC1(C)C2CC[C@]3(C)[C@H](C(=O)C=C4[C@H]5C[C@@](C)(C(=O)O)CC[C@]5(C)CC[C@]43C)[C@@]2(C)CC[C@@H]1OC(=O)[C@@H](O)[C@@H](O)[C@H](O)[C@@H](O)C=O. The first-order valence-corrected chi connectivity index (χ1v) is 17.0. The van der Waals surface area contributed by atoms with Crippen LogP contribution in [0, 0.1) is 50.2 Å². The second-order valence-electron chi connectivity index (χ2n) is 17.4. The number of ketones is 1. The van der Waals surface area contributed by atoms with Crippen LogP contribution in [0.25, 0.3) is 0 Å². The Morgan fingerprint density at radius 3 is 2.13 bits per heavy atom. The number of aliphatic carboxylic acids is 1. The molecule has 0 aromatic rings. The first kappa shape index (κ1) is 35.2. The zero-order valence-corrected chi connectivity index (χ0v) is 28.4. The van der Waals surface area contributed by atoms with Gasteiger partial charge in [0.25, 0.3) is 0 Å². The molecule has 13 atom stereocenters. The van der Waals surface area contributed by atoms with Crippen molar-refractivity contribution in [3.8, 4) is 0 Å². The van der Waals surface area contributed by atoms with Gasteiger partial charge < -0.3 is 35.1 Å². The Balaban J connectivity index is 1.43. The van der Waals surface area contributed by atoms with E-state index in [-0.39, 0.29) is 46.1 Å². The van der Waals surface area contributed by atoms with Crippen molar-refractivity contribution < 1.29 is 49.4 Å². The molecule has 46 heavy (non-hydrogen) atoms. The highest BCUT2D eigenvalue weighted by Crippen LogP contribution is 2.75. The lowest BCUT2D eigenvalue weighted by molar-refractivity contribution is -0.217. The normalized spacial score (nSPS) is 45.7. The summed E-state index contributed by atoms with van der Waals surface area (Å²) < 4.78 is 5.78. The van der Waals surface area contributed by atoms with Crippen molar-refractivity contribution in [3.05, 3.63) is 11.6 Å². The Bertz CT molecular complexity index is 1320. The minimum absolute atomic E-state index is 0.00416. The summed E-state index contributed by atoms with van der Waals surface area (Å²) in [6.45, 7) is 15.0. The van der Waals surface area contributed by atoms with Crippen LogP contribution in [0.15, 0.2) is 11.6 Å². The lowest BCUT2D eigenvalue weighted by atomic mass is 9.33. The molecule has 0 spiro atoms. The van der Waals surface area contributed by atoms with E-state index in [4.69, 9.17) is 4.74 Å². The number of carboxylic acids is 1. The Hall–Kier alpha value is -2.14. The molecule has 5 rings (SSSR count). The maximum atomic E-state index is 14.5. The van der Waals surface area contributed by atoms with Gasteiger partial charge in [-0.2, -0.15) is 0 Å². The standard InChI is InChI=1S/C36H54O10/c1-31(2)23-8-11-36(7)28(34(23,5)10-9-24(31)46-29(43)27(42)26(41)25(40)22(39)18-37)21(38)16-19-20-17-33(4,30(44)45)13-12-32(20,3)14-15-35(19,36)6/h16,18,20,22-28,39-42H,8-15,17H2,1-7H3,(H,44,45)/t20-,22+,23?,24+,25-,26+,27+,28-,32-,33+,34+,35-,36-/m1/s1. The third-order valence-corrected chi connectivity index (χ3v) is 14.7. The second kappa shape index (κ2) is 11.2. The smallest absolute Gasteiger partial charge is 0.338 e. The highest BCUT2D eigenvalue weighted by atomic mass is 16.6. The van der Waals surface area contributed by atoms with Gasteiger partial charge in [-0.05, 0) is 104 Å². The van der Waals surface area contributed by atoms with E-state index in [1.54, 1.807) is 0 Å². The zero-order chi connectivity index (χ0) is 34.4. The van der Waals surface area contributed by atoms with Crippen molar-refractivity contribution in [2.24, 2.45) is 50.2 Å². The predicted octanol–water partition coefficient (Wildman–Crippen LogP) is 3.61. The number of hydrogen-bond acceptors (Lipinski definition) is 9. The van der Waals surface area contributed by atoms with Crippen LogP contribution in [-0.2, 0) is 23.9 Å². The number of rotatable bonds is 7. The predicted molar refractivity (Wildman–Crippen MR) is 167 cm³/mol. The van der Waals surface area contributed by atoms with Crippen LogP contribution in [0.5, 0.6) is 0 Å². The molecule has 4 saturated carbocycles. The van der Waals surface area contributed by atoms with Gasteiger partial charge in [0, 0.05) is 11.3 Å². The Labute approximate surface area is 272 Å². The number of esters is 1. The largest absolute Gasteiger partial charge is 0.481 e. The Morgan fingerprint density at radius 2 is 1.52 bits per heavy atom. The van der Waals surface area contributed by atoms with Crippen molar-refractivity contribution in [1.29, 1.82) is 0 Å². The van der Waals surface area contributed by atoms with E-state index >= 15 is 0 Å². The lowest BCUT2D eigenvalue weighted by Crippen LogP contribution is -2.67. The summed E-state index contributed by atoms with van der Waals surface area (Å²) in [7, 11) is 0. The van der Waals surface area contributed by atoms with Crippen molar-refractivity contribution in [2.45, 2.75) is 137 Å². The van der Waals surface area contributed by atoms with Gasteiger partial charge in [-0.15, -0.1) is 0 Å². The van der Waals surface area contributed by atoms with Gasteiger partial charge in [-0.3, -0.25) is 9.59 Å². The summed E-state index contributed by atoms with van der Waals surface area (Å²) in [5.74, 6) is -2.04. The fourth-order valence-electron chi connectivity index (χ4n) is 11.4. The Kier molecular flexibility index (Phi) is 8.57. The maximum absolute atomic E-state index is 14.5. The van der Waals surface area contributed by atoms with Gasteiger partial charge in [0.2, 0.25) is 0 Å². The molecule has 5 aliphatic carbocycles. The summed E-state index contributed by atoms with van der Waals surface area (Å²) in [6.07, 6.45) is -0.438. The van der Waals surface area contributed by atoms with E-state index in [1.807, 2.05) is 26.8 Å². The van der Waals surface area contributed by atoms with E-state index in [2.05, 4.69) is 27.7 Å². The van der Waals surface area contributed by atoms with Crippen molar-refractivity contribution in [3.63, 3.8) is 0 Å². The summed E-state index contributed by atoms with van der Waals surface area (Å²) in [5, 5.41) is 50.2. The molecule has 0 bridgehead atoms. The molecule has 0 radical (unpaired) electrons. The van der Waals surface area contributed by atoms with Crippen LogP contribution in [-0.4, -0.2) is 80.1 Å². The van der Waals surface area contributed by atoms with Crippen molar-refractivity contribution >= 4 is 24.0 Å². The fraction of sp³-hybridized carbons (Fsp3) is 0.833. The van der Waals surface area contributed by atoms with Gasteiger partial charge in [0.05, 0.1) is 5.41 Å². The molecule has 0 amide bonds. The van der Waals surface area contributed by atoms with Crippen LogP contribution < -0.4 is 0 Å². The first-order chi connectivity index (χ1) is 21.1. The molecule has 0 aromatic heterocycles. The van der Waals surface area contributed by atoms with Crippen LogP contribution >= 0.6 is 0 Å². The fourth-order valence-corrected chi connectivity index (χ4v) is 11.4. The van der Waals surface area contributed by atoms with Gasteiger partial charge in [-0.1, -0.05) is 47.1 Å². The number of aldehydes is 1. The highest BCUT2D eigenvalue weighted by molar-refractivity contribution is 5.95. The molecule has 5 N–H and O–H groups in total. The maximum Gasteiger partial charge on any atom is 0.338 e. The molecule has 10 heteroatoms. The molecule has 5 aliphatic rings. The number of ether oxygens (including phenoxy) is 1. The monoisotopic (exact) mass is 646 g/mol. The number of hydrogen-bond donors (Lipinski definition) is 5. The number of fused-ring (bicyclic) bond motifs is 7. The molecule has 0 saturated heterocycles. The van der Waals surface area contributed by atoms with Gasteiger partial charge in [-0.25, -0.2) is 4.79 Å². The third kappa shape index (κ3) is 4.86. The molecule has 0 aliphatic heterocycles. The number of carbonyl (C=O) groups excluding carboxylic acids is 3. The summed E-state index contributed by atoms with van der Waals surface area (Å²) >= 11 is 0. The molecule has 0 aromatic carbocycles. The molecule has 1 unspecified atom stereocenters. The van der Waals surface area contributed by atoms with Gasteiger partial charge in [0.15, 0.2) is 18.2 Å². The zero-order valence-electron chi connectivity index (χ0n) is 28.4. The van der Waals surface area contributed by atoms with E-state index < -0.39 is 58.7 Å². The van der Waals surface area contributed by atoms with E-state index in [1.165, 1.54) is 0 Å². The second-order valence-corrected chi connectivity index (χ2v) is 17.4. The summed E-state index contributed by atoms with van der Waals surface area (Å²) in [5.41, 5.74) is -1.31. The van der Waals surface area contributed by atoms with Crippen LogP contribution in [0.3, 0.4) is 0 Å². The minimum Gasteiger partial charge on any atom is -0.481 e. The number of aliphatic hydroxyl groups excluding tert-OH is 4. The van der Waals surface area contributed by atoms with E-state index in [0.717, 1.165) is 37.7 Å². The van der Waals surface area contributed by atoms with Gasteiger partial charge in [0.1, 0.15) is 24.4 Å². The van der Waals surface area contributed by atoms with Crippen LogP contribution in [0.2, 0.25) is 0 Å². The van der Waals surface area contributed by atoms with E-state index in [9.17, 15) is 44.7 Å². The van der Waals surface area contributed by atoms with Crippen LogP contribution in [0.4, 0.5) is 0 Å². The lowest BCUT2D eigenvalue weighted by Gasteiger charge is -2.70. The number of carbonyl (C=O) groups is 4. The number of carboxylic acid groups (broad SMARTS) is 1. The molecular formula is C36H54O10. The molecule has 10 nitrogen and oxygen atoms in total. The molecule has 0 heterocycles. The molecule has 4 fully saturated rings. The van der Waals surface area contributed by atoms with Crippen molar-refractivity contribution in [2.75, 3.05) is 0 Å². The molecular weight excluding hydrogens is 592 g/mol. The van der Waals surface area contributed by atoms with Crippen molar-refractivity contribution in [1.82, 2.24) is 0 Å². The topological polar surface area (TPSA) is 179 Å². The average Bonchev–Trinajstić information content (AvgIpc) is 2.98. The summed E-state index contributed by atoms with van der Waals surface area (Å²) in [6, 6.07) is 0. The quantitative estimate of drug-likeness (QED) is 0.203. The summed E-state index contributed by atoms with van der Waals surface area (Å²) in [4.78, 5) is 50.7. The third-order valence-electron chi connectivity index (χ3n) is 14.7. The number of allylic oxidation sites excluding steroid dienone is 2. The van der Waals surface area contributed by atoms with Crippen LogP contribution in [0.1, 0.15) is 106 Å². The highest BCUT2D eigenvalue weighted by Gasteiger charge is 2.70. The first-order valence-electron chi connectivity index (χ1n) is 17.0. The Morgan fingerprint density at radius 1 is 0.891 bits per heavy atom. The molecule has 258 valence electrons. The number of aliphatic hydroxyl groups is 4. The van der Waals surface area contributed by atoms with E-state index in [0.29, 0.717) is 25.7 Å². The minimum atomic E-state index is -2.16.